The van der Waals surface area contributed by atoms with Gasteiger partial charge in [0, 0.05) is 50.6 Å². The Morgan fingerprint density at radius 2 is 1.76 bits per heavy atom. The number of anilines is 2. The number of hydrogen-bond donors (Lipinski definition) is 3. The second kappa shape index (κ2) is 12.7. The maximum absolute atomic E-state index is 14.0. The zero-order valence-corrected chi connectivity index (χ0v) is 22.6. The molecule has 38 heavy (non-hydrogen) atoms. The number of aromatic nitrogens is 2. The molecule has 1 aromatic heterocycles. The van der Waals surface area contributed by atoms with E-state index in [-0.39, 0.29) is 17.6 Å². The smallest absolute Gasteiger partial charge is 0.223 e. The first kappa shape index (κ1) is 26.6. The summed E-state index contributed by atoms with van der Waals surface area (Å²) in [6, 6.07) is 15.0. The molecule has 2 fully saturated rings. The number of nitrogens with one attached hydrogen (secondary N) is 3. The second-order valence-corrected chi connectivity index (χ2v) is 10.8. The van der Waals surface area contributed by atoms with Gasteiger partial charge in [0.15, 0.2) is 4.77 Å². The van der Waals surface area contributed by atoms with Crippen molar-refractivity contribution >= 4 is 40.5 Å². The summed E-state index contributed by atoms with van der Waals surface area (Å²) < 4.78 is 14.5. The van der Waals surface area contributed by atoms with Gasteiger partial charge < -0.3 is 20.5 Å². The Morgan fingerprint density at radius 3 is 2.55 bits per heavy atom. The predicted molar refractivity (Wildman–Crippen MR) is 154 cm³/mol. The van der Waals surface area contributed by atoms with Gasteiger partial charge in [-0.05, 0) is 81.1 Å². The maximum Gasteiger partial charge on any atom is 0.223 e. The molecule has 0 atom stereocenters. The number of nitrogens with zero attached hydrogens (tertiary/aromatic N) is 3. The highest BCUT2D eigenvalue weighted by Crippen LogP contribution is 2.30. The summed E-state index contributed by atoms with van der Waals surface area (Å²) in [6.45, 7) is 6.00. The number of rotatable bonds is 9. The van der Waals surface area contributed by atoms with Gasteiger partial charge >= 0.3 is 0 Å². The van der Waals surface area contributed by atoms with E-state index in [1.165, 1.54) is 6.07 Å². The van der Waals surface area contributed by atoms with Gasteiger partial charge in [-0.15, -0.1) is 0 Å². The van der Waals surface area contributed by atoms with Crippen LogP contribution in [0.1, 0.15) is 32.1 Å². The van der Waals surface area contributed by atoms with Gasteiger partial charge in [0.2, 0.25) is 5.91 Å². The van der Waals surface area contributed by atoms with E-state index in [9.17, 15) is 9.18 Å². The second-order valence-electron chi connectivity index (χ2n) is 10.5. The normalized spacial score (nSPS) is 20.4. The van der Waals surface area contributed by atoms with Crippen molar-refractivity contribution in [3.63, 3.8) is 0 Å². The fraction of sp³-hybridized carbons (Fsp3) is 0.483. The highest BCUT2D eigenvalue weighted by Gasteiger charge is 2.26. The molecule has 3 aromatic rings. The molecule has 1 aliphatic heterocycles. The van der Waals surface area contributed by atoms with Crippen molar-refractivity contribution in [2.45, 2.75) is 32.1 Å². The lowest BCUT2D eigenvalue weighted by Gasteiger charge is -2.36. The Labute approximate surface area is 228 Å². The first-order valence-corrected chi connectivity index (χ1v) is 14.2. The van der Waals surface area contributed by atoms with E-state index < -0.39 is 0 Å². The number of fused-ring (bicyclic) bond motifs is 1. The molecule has 1 amide bonds. The lowest BCUT2D eigenvalue weighted by atomic mass is 9.81. The molecule has 0 unspecified atom stereocenters. The molecule has 7 nitrogen and oxygen atoms in total. The van der Waals surface area contributed by atoms with E-state index in [0.29, 0.717) is 22.9 Å². The molecule has 202 valence electrons. The number of para-hydroxylation sites is 2. The number of halogens is 1. The van der Waals surface area contributed by atoms with Crippen molar-refractivity contribution in [1.82, 2.24) is 20.2 Å². The van der Waals surface area contributed by atoms with Gasteiger partial charge in [-0.3, -0.25) is 9.69 Å². The average Bonchev–Trinajstić information content (AvgIpc) is 2.95. The summed E-state index contributed by atoms with van der Waals surface area (Å²) in [5.41, 5.74) is 1.68. The van der Waals surface area contributed by atoms with Crippen LogP contribution in [0.25, 0.3) is 10.9 Å². The summed E-state index contributed by atoms with van der Waals surface area (Å²) in [6.07, 6.45) is 4.87. The molecule has 9 heteroatoms. The molecule has 3 N–H and O–H groups in total. The molecule has 0 spiro atoms. The van der Waals surface area contributed by atoms with E-state index in [1.807, 2.05) is 36.4 Å². The molecule has 1 saturated heterocycles. The van der Waals surface area contributed by atoms with Crippen LogP contribution in [0.3, 0.4) is 0 Å². The minimum Gasteiger partial charge on any atom is -0.369 e. The van der Waals surface area contributed by atoms with E-state index in [2.05, 4.69) is 30.4 Å². The monoisotopic (exact) mass is 536 g/mol. The van der Waals surface area contributed by atoms with Crippen LogP contribution in [0.2, 0.25) is 0 Å². The standard InChI is InChI=1S/C29H37FN6OS/c30-24-7-2-4-9-26(24)36-18-16-35(17-19-36)15-5-14-31-28(37)22-12-10-21(11-13-22)20-32-27-23-6-1-3-8-25(23)33-29(38)34-27/h1-4,6-9,21-22H,5,10-20H2,(H,31,37)(H2,32,33,34,38). The Hall–Kier alpha value is -3.04. The van der Waals surface area contributed by atoms with Crippen molar-refractivity contribution in [2.75, 3.05) is 56.0 Å². The molecule has 0 radical (unpaired) electrons. The predicted octanol–water partition coefficient (Wildman–Crippen LogP) is 4.98. The van der Waals surface area contributed by atoms with Crippen LogP contribution in [-0.4, -0.2) is 66.6 Å². The average molecular weight is 537 g/mol. The highest BCUT2D eigenvalue weighted by atomic mass is 32.1. The number of piperazine rings is 1. The van der Waals surface area contributed by atoms with Crippen LogP contribution in [-0.2, 0) is 4.79 Å². The molecule has 2 aromatic carbocycles. The molecule has 1 saturated carbocycles. The van der Waals surface area contributed by atoms with Gasteiger partial charge in [0.25, 0.3) is 0 Å². The largest absolute Gasteiger partial charge is 0.369 e. The van der Waals surface area contributed by atoms with E-state index in [4.69, 9.17) is 12.2 Å². The van der Waals surface area contributed by atoms with Crippen molar-refractivity contribution in [3.8, 4) is 0 Å². The maximum atomic E-state index is 14.0. The number of H-pyrrole nitrogens is 1. The van der Waals surface area contributed by atoms with Crippen LogP contribution in [0.15, 0.2) is 48.5 Å². The first-order valence-electron chi connectivity index (χ1n) is 13.8. The topological polar surface area (TPSA) is 76.3 Å². The Kier molecular flexibility index (Phi) is 8.86. The fourth-order valence-electron chi connectivity index (χ4n) is 5.69. The van der Waals surface area contributed by atoms with E-state index in [0.717, 1.165) is 88.1 Å². The third-order valence-corrected chi connectivity index (χ3v) is 8.12. The molecule has 0 bridgehead atoms. The molecule has 5 rings (SSSR count). The summed E-state index contributed by atoms with van der Waals surface area (Å²) >= 11 is 5.28. The molecule has 2 heterocycles. The van der Waals surface area contributed by atoms with Crippen molar-refractivity contribution in [2.24, 2.45) is 11.8 Å². The number of benzene rings is 2. The number of aromatic amines is 1. The van der Waals surface area contributed by atoms with Crippen LogP contribution >= 0.6 is 12.2 Å². The molecular weight excluding hydrogens is 499 g/mol. The number of amides is 1. The SMILES string of the molecule is O=C(NCCCN1CCN(c2ccccc2F)CC1)C1CCC(CNc2nc(=S)[nH]c3ccccc23)CC1. The van der Waals surface area contributed by atoms with Crippen molar-refractivity contribution < 1.29 is 9.18 Å². The van der Waals surface area contributed by atoms with Crippen molar-refractivity contribution in [1.29, 1.82) is 0 Å². The zero-order chi connectivity index (χ0) is 26.3. The minimum absolute atomic E-state index is 0.111. The van der Waals surface area contributed by atoms with Gasteiger partial charge in [0.1, 0.15) is 11.6 Å². The Morgan fingerprint density at radius 1 is 1.03 bits per heavy atom. The molecule has 1 aliphatic carbocycles. The van der Waals surface area contributed by atoms with E-state index in [1.54, 1.807) is 6.07 Å². The first-order chi connectivity index (χ1) is 18.6. The minimum atomic E-state index is -0.152. The van der Waals surface area contributed by atoms with Gasteiger partial charge in [-0.1, -0.05) is 24.3 Å². The molecule has 2 aliphatic rings. The zero-order valence-electron chi connectivity index (χ0n) is 21.8. The van der Waals surface area contributed by atoms with Crippen LogP contribution < -0.4 is 15.5 Å². The van der Waals surface area contributed by atoms with Crippen LogP contribution in [0.4, 0.5) is 15.9 Å². The number of hydrogen-bond acceptors (Lipinski definition) is 6. The lowest BCUT2D eigenvalue weighted by molar-refractivity contribution is -0.126. The third kappa shape index (κ3) is 6.69. The van der Waals surface area contributed by atoms with Gasteiger partial charge in [-0.2, -0.15) is 0 Å². The van der Waals surface area contributed by atoms with E-state index >= 15 is 0 Å². The Balaban J connectivity index is 0.975. The van der Waals surface area contributed by atoms with Gasteiger partial charge in [0.05, 0.1) is 11.2 Å². The van der Waals surface area contributed by atoms with Gasteiger partial charge in [-0.25, -0.2) is 9.37 Å². The highest BCUT2D eigenvalue weighted by molar-refractivity contribution is 7.71. The lowest BCUT2D eigenvalue weighted by Crippen LogP contribution is -2.47. The van der Waals surface area contributed by atoms with Crippen LogP contribution in [0.5, 0.6) is 0 Å². The summed E-state index contributed by atoms with van der Waals surface area (Å²) in [5.74, 6) is 1.52. The number of carbonyl (C=O) groups is 1. The summed E-state index contributed by atoms with van der Waals surface area (Å²) in [4.78, 5) is 24.9. The van der Waals surface area contributed by atoms with Crippen LogP contribution in [0, 0.1) is 22.4 Å². The fourth-order valence-corrected chi connectivity index (χ4v) is 5.89. The molecular formula is C29H37FN6OS. The Bertz CT molecular complexity index is 1280. The quantitative estimate of drug-likeness (QED) is 0.265. The van der Waals surface area contributed by atoms with Crippen molar-refractivity contribution in [3.05, 3.63) is 59.1 Å². The summed E-state index contributed by atoms with van der Waals surface area (Å²) in [7, 11) is 0. The number of carbonyl (C=O) groups excluding carboxylic acids is 1. The third-order valence-electron chi connectivity index (χ3n) is 7.93. The summed E-state index contributed by atoms with van der Waals surface area (Å²) in [5, 5.41) is 7.71.